The molecule has 30 heavy (non-hydrogen) atoms. The first-order chi connectivity index (χ1) is 14.6. The number of fused-ring (bicyclic) bond motifs is 1. The van der Waals surface area contributed by atoms with E-state index in [-0.39, 0.29) is 12.1 Å². The van der Waals surface area contributed by atoms with Gasteiger partial charge in [0.15, 0.2) is 11.5 Å². The first-order valence-corrected chi connectivity index (χ1v) is 9.12. The van der Waals surface area contributed by atoms with Crippen LogP contribution in [0.4, 0.5) is 5.95 Å². The summed E-state index contributed by atoms with van der Waals surface area (Å²) >= 11 is 0. The number of benzene rings is 2. The van der Waals surface area contributed by atoms with Crippen LogP contribution in [0.15, 0.2) is 59.4 Å². The Bertz CT molecular complexity index is 1240. The number of imidazole rings is 1. The SMILES string of the molecule is COc1ccc(-c2ccc(=O)n(CC(=O)Nc3nc4ccccc4[nH]3)n2)cc1OC. The lowest BCUT2D eigenvalue weighted by atomic mass is 10.1. The number of hydrogen-bond donors (Lipinski definition) is 2. The molecule has 2 heterocycles. The van der Waals surface area contributed by atoms with E-state index in [4.69, 9.17) is 9.47 Å². The summed E-state index contributed by atoms with van der Waals surface area (Å²) < 4.78 is 11.7. The van der Waals surface area contributed by atoms with Crippen molar-refractivity contribution in [1.29, 1.82) is 0 Å². The molecule has 2 aromatic carbocycles. The lowest BCUT2D eigenvalue weighted by Gasteiger charge is -2.10. The van der Waals surface area contributed by atoms with Gasteiger partial charge in [0.05, 0.1) is 30.9 Å². The molecule has 4 rings (SSSR count). The van der Waals surface area contributed by atoms with Crippen molar-refractivity contribution >= 4 is 22.9 Å². The fourth-order valence-electron chi connectivity index (χ4n) is 3.03. The van der Waals surface area contributed by atoms with Gasteiger partial charge in [-0.15, -0.1) is 0 Å². The molecular formula is C21H19N5O4. The van der Waals surface area contributed by atoms with Crippen molar-refractivity contribution in [2.75, 3.05) is 19.5 Å². The van der Waals surface area contributed by atoms with Crippen LogP contribution in [0.1, 0.15) is 0 Å². The molecular weight excluding hydrogens is 386 g/mol. The number of H-pyrrole nitrogens is 1. The lowest BCUT2D eigenvalue weighted by molar-refractivity contribution is -0.117. The number of ether oxygens (including phenoxy) is 2. The molecule has 0 aliphatic rings. The molecule has 4 aromatic rings. The Labute approximate surface area is 171 Å². The quantitative estimate of drug-likeness (QED) is 0.510. The molecule has 152 valence electrons. The summed E-state index contributed by atoms with van der Waals surface area (Å²) in [5.74, 6) is 1.01. The number of aromatic amines is 1. The number of methoxy groups -OCH3 is 2. The second-order valence-corrected chi connectivity index (χ2v) is 6.43. The minimum absolute atomic E-state index is 0.253. The smallest absolute Gasteiger partial charge is 0.267 e. The fourth-order valence-corrected chi connectivity index (χ4v) is 3.03. The summed E-state index contributed by atoms with van der Waals surface area (Å²) in [6.45, 7) is -0.253. The van der Waals surface area contributed by atoms with Crippen molar-refractivity contribution in [3.05, 3.63) is 65.0 Å². The van der Waals surface area contributed by atoms with E-state index in [1.807, 2.05) is 24.3 Å². The Morgan fingerprint density at radius 2 is 1.87 bits per heavy atom. The summed E-state index contributed by atoms with van der Waals surface area (Å²) in [6.07, 6.45) is 0. The maximum absolute atomic E-state index is 12.4. The highest BCUT2D eigenvalue weighted by atomic mass is 16.5. The number of nitrogens with zero attached hydrogens (tertiary/aromatic N) is 3. The highest BCUT2D eigenvalue weighted by molar-refractivity contribution is 5.90. The van der Waals surface area contributed by atoms with Crippen LogP contribution in [0.5, 0.6) is 11.5 Å². The van der Waals surface area contributed by atoms with Crippen LogP contribution in [0, 0.1) is 0 Å². The van der Waals surface area contributed by atoms with Crippen LogP contribution in [0.25, 0.3) is 22.3 Å². The van der Waals surface area contributed by atoms with Crippen molar-refractivity contribution in [2.24, 2.45) is 0 Å². The largest absolute Gasteiger partial charge is 0.493 e. The Morgan fingerprint density at radius 3 is 2.63 bits per heavy atom. The Kier molecular flexibility index (Phi) is 5.17. The molecule has 0 radical (unpaired) electrons. The van der Waals surface area contributed by atoms with E-state index in [1.165, 1.54) is 6.07 Å². The number of aromatic nitrogens is 4. The third kappa shape index (κ3) is 3.86. The summed E-state index contributed by atoms with van der Waals surface area (Å²) in [5.41, 5.74) is 2.39. The molecule has 9 heteroatoms. The van der Waals surface area contributed by atoms with Crippen LogP contribution in [0.2, 0.25) is 0 Å². The average Bonchev–Trinajstić information content (AvgIpc) is 3.16. The van der Waals surface area contributed by atoms with Gasteiger partial charge in [-0.05, 0) is 36.4 Å². The molecule has 2 N–H and O–H groups in total. The molecule has 9 nitrogen and oxygen atoms in total. The number of nitrogens with one attached hydrogen (secondary N) is 2. The molecule has 0 bridgehead atoms. The molecule has 0 aliphatic carbocycles. The summed E-state index contributed by atoms with van der Waals surface area (Å²) in [6, 6.07) is 15.7. The van der Waals surface area contributed by atoms with Gasteiger partial charge in [-0.2, -0.15) is 5.10 Å². The van der Waals surface area contributed by atoms with Crippen LogP contribution in [-0.4, -0.2) is 39.9 Å². The van der Waals surface area contributed by atoms with Crippen molar-refractivity contribution < 1.29 is 14.3 Å². The zero-order chi connectivity index (χ0) is 21.1. The molecule has 2 aromatic heterocycles. The van der Waals surface area contributed by atoms with Crippen LogP contribution in [-0.2, 0) is 11.3 Å². The van der Waals surface area contributed by atoms with Crippen molar-refractivity contribution in [1.82, 2.24) is 19.7 Å². The highest BCUT2D eigenvalue weighted by Gasteiger charge is 2.12. The number of carbonyl (C=O) groups is 1. The normalized spacial score (nSPS) is 10.7. The average molecular weight is 405 g/mol. The molecule has 0 saturated heterocycles. The number of hydrogen-bond acceptors (Lipinski definition) is 6. The number of carbonyl (C=O) groups excluding carboxylic acids is 1. The zero-order valence-electron chi connectivity index (χ0n) is 16.4. The van der Waals surface area contributed by atoms with Gasteiger partial charge in [0, 0.05) is 11.6 Å². The van der Waals surface area contributed by atoms with E-state index in [0.717, 1.165) is 21.3 Å². The lowest BCUT2D eigenvalue weighted by Crippen LogP contribution is -2.29. The molecule has 0 fully saturated rings. The van der Waals surface area contributed by atoms with Crippen molar-refractivity contribution in [3.63, 3.8) is 0 Å². The fraction of sp³-hybridized carbons (Fsp3) is 0.143. The summed E-state index contributed by atoms with van der Waals surface area (Å²) in [4.78, 5) is 31.9. The van der Waals surface area contributed by atoms with Gasteiger partial charge in [-0.25, -0.2) is 9.67 Å². The second kappa shape index (κ2) is 8.08. The molecule has 0 aliphatic heterocycles. The van der Waals surface area contributed by atoms with E-state index in [2.05, 4.69) is 20.4 Å². The third-order valence-corrected chi connectivity index (χ3v) is 4.49. The summed E-state index contributed by atoms with van der Waals surface area (Å²) in [7, 11) is 3.09. The molecule has 0 saturated carbocycles. The van der Waals surface area contributed by atoms with E-state index in [0.29, 0.717) is 23.1 Å². The molecule has 0 unspecified atom stereocenters. The number of anilines is 1. The third-order valence-electron chi connectivity index (χ3n) is 4.49. The number of para-hydroxylation sites is 2. The van der Waals surface area contributed by atoms with Crippen LogP contribution >= 0.6 is 0 Å². The minimum atomic E-state index is -0.423. The maximum atomic E-state index is 12.4. The Morgan fingerprint density at radius 1 is 1.07 bits per heavy atom. The topological polar surface area (TPSA) is 111 Å². The number of rotatable bonds is 6. The minimum Gasteiger partial charge on any atom is -0.493 e. The Balaban J connectivity index is 1.56. The van der Waals surface area contributed by atoms with E-state index in [9.17, 15) is 9.59 Å². The first kappa shape index (κ1) is 19.2. The Hall–Kier alpha value is -4.14. The van der Waals surface area contributed by atoms with Crippen LogP contribution < -0.4 is 20.3 Å². The number of amides is 1. The zero-order valence-corrected chi connectivity index (χ0v) is 16.4. The summed E-state index contributed by atoms with van der Waals surface area (Å²) in [5, 5.41) is 6.97. The van der Waals surface area contributed by atoms with Crippen molar-refractivity contribution in [2.45, 2.75) is 6.54 Å². The maximum Gasteiger partial charge on any atom is 0.267 e. The van der Waals surface area contributed by atoms with Gasteiger partial charge in [-0.1, -0.05) is 12.1 Å². The molecule has 0 spiro atoms. The second-order valence-electron chi connectivity index (χ2n) is 6.43. The van der Waals surface area contributed by atoms with Gasteiger partial charge in [0.1, 0.15) is 6.54 Å². The first-order valence-electron chi connectivity index (χ1n) is 9.12. The predicted molar refractivity (Wildman–Crippen MR) is 112 cm³/mol. The van der Waals surface area contributed by atoms with Gasteiger partial charge in [0.2, 0.25) is 11.9 Å². The predicted octanol–water partition coefficient (Wildman–Crippen LogP) is 2.44. The van der Waals surface area contributed by atoms with Gasteiger partial charge >= 0.3 is 0 Å². The van der Waals surface area contributed by atoms with Gasteiger partial charge in [-0.3, -0.25) is 14.9 Å². The van der Waals surface area contributed by atoms with Crippen LogP contribution in [0.3, 0.4) is 0 Å². The highest BCUT2D eigenvalue weighted by Crippen LogP contribution is 2.31. The molecule has 1 amide bonds. The van der Waals surface area contributed by atoms with Gasteiger partial charge < -0.3 is 14.5 Å². The molecule has 0 atom stereocenters. The van der Waals surface area contributed by atoms with E-state index >= 15 is 0 Å². The standard InChI is InChI=1S/C21H19N5O4/c1-29-17-9-7-13(11-18(17)30-2)14-8-10-20(28)26(25-14)12-19(27)24-21-22-15-5-3-4-6-16(15)23-21/h3-11H,12H2,1-2H3,(H2,22,23,24,27). The van der Waals surface area contributed by atoms with Crippen molar-refractivity contribution in [3.8, 4) is 22.8 Å². The van der Waals surface area contributed by atoms with Gasteiger partial charge in [0.25, 0.3) is 5.56 Å². The monoisotopic (exact) mass is 405 g/mol. The van der Waals surface area contributed by atoms with E-state index in [1.54, 1.807) is 38.5 Å². The van der Waals surface area contributed by atoms with E-state index < -0.39 is 5.91 Å².